The Bertz CT molecular complexity index is 957. The summed E-state index contributed by atoms with van der Waals surface area (Å²) in [6, 6.07) is 9.84. The van der Waals surface area contributed by atoms with Crippen molar-refractivity contribution in [3.05, 3.63) is 57.6 Å². The monoisotopic (exact) mass is 383 g/mol. The van der Waals surface area contributed by atoms with Crippen LogP contribution in [0, 0.1) is 29.9 Å². The van der Waals surface area contributed by atoms with Gasteiger partial charge in [0.15, 0.2) is 0 Å². The summed E-state index contributed by atoms with van der Waals surface area (Å²) < 4.78 is 5.22. The van der Waals surface area contributed by atoms with Crippen LogP contribution >= 0.6 is 0 Å². The van der Waals surface area contributed by atoms with Gasteiger partial charge in [-0.25, -0.2) is 0 Å². The first-order valence-electron chi connectivity index (χ1n) is 8.81. The highest BCUT2D eigenvalue weighted by Crippen LogP contribution is 2.36. The third-order valence-corrected chi connectivity index (χ3v) is 4.81. The van der Waals surface area contributed by atoms with Crippen LogP contribution in [0.3, 0.4) is 0 Å². The van der Waals surface area contributed by atoms with E-state index in [9.17, 15) is 19.7 Å². The molecule has 1 saturated heterocycles. The lowest BCUT2D eigenvalue weighted by Gasteiger charge is -2.19. The Morgan fingerprint density at radius 2 is 2.00 bits per heavy atom. The summed E-state index contributed by atoms with van der Waals surface area (Å²) in [6.45, 7) is 4.03. The lowest BCUT2D eigenvalue weighted by Crippen LogP contribution is -2.28. The Kier molecular flexibility index (Phi) is 5.30. The highest BCUT2D eigenvalue weighted by Gasteiger charge is 2.36. The minimum atomic E-state index is -0.529. The molecule has 0 radical (unpaired) electrons. The molecule has 0 bridgehead atoms. The van der Waals surface area contributed by atoms with Gasteiger partial charge < -0.3 is 15.0 Å². The van der Waals surface area contributed by atoms with Crippen molar-refractivity contribution in [2.75, 3.05) is 23.9 Å². The maximum atomic E-state index is 12.7. The highest BCUT2D eigenvalue weighted by molar-refractivity contribution is 6.04. The van der Waals surface area contributed by atoms with E-state index in [4.69, 9.17) is 4.74 Å². The molecule has 2 amide bonds. The molecule has 3 rings (SSSR count). The van der Waals surface area contributed by atoms with Crippen molar-refractivity contribution < 1.29 is 19.2 Å². The maximum absolute atomic E-state index is 12.7. The Labute approximate surface area is 162 Å². The number of hydrogen-bond acceptors (Lipinski definition) is 5. The van der Waals surface area contributed by atoms with Gasteiger partial charge in [0.05, 0.1) is 29.7 Å². The number of benzene rings is 2. The summed E-state index contributed by atoms with van der Waals surface area (Å²) in [5.74, 6) is -0.760. The number of nitro benzene ring substituents is 1. The van der Waals surface area contributed by atoms with Gasteiger partial charge in [0, 0.05) is 24.7 Å². The number of nitrogens with zero attached hydrogens (tertiary/aromatic N) is 2. The number of hydrogen-bond donors (Lipinski definition) is 1. The normalized spacial score (nSPS) is 16.2. The number of ether oxygens (including phenoxy) is 1. The lowest BCUT2D eigenvalue weighted by atomic mass is 10.1. The summed E-state index contributed by atoms with van der Waals surface area (Å²) in [7, 11) is 1.38. The summed E-state index contributed by atoms with van der Waals surface area (Å²) in [5.41, 5.74) is 2.98. The van der Waals surface area contributed by atoms with Gasteiger partial charge in [0.1, 0.15) is 5.75 Å². The van der Waals surface area contributed by atoms with Crippen LogP contribution in [-0.2, 0) is 9.59 Å². The molecule has 0 aromatic heterocycles. The molecule has 2 aromatic carbocycles. The zero-order valence-electron chi connectivity index (χ0n) is 15.9. The predicted molar refractivity (Wildman–Crippen MR) is 105 cm³/mol. The van der Waals surface area contributed by atoms with Crippen molar-refractivity contribution in [3.8, 4) is 5.75 Å². The average Bonchev–Trinajstić information content (AvgIpc) is 3.05. The third-order valence-electron chi connectivity index (χ3n) is 4.81. The fourth-order valence-corrected chi connectivity index (χ4v) is 3.22. The van der Waals surface area contributed by atoms with Crippen molar-refractivity contribution in [2.24, 2.45) is 5.92 Å². The van der Waals surface area contributed by atoms with E-state index >= 15 is 0 Å². The average molecular weight is 383 g/mol. The molecule has 1 N–H and O–H groups in total. The highest BCUT2D eigenvalue weighted by atomic mass is 16.6. The molecule has 1 aliphatic rings. The number of carbonyl (C=O) groups is 2. The molecule has 0 spiro atoms. The van der Waals surface area contributed by atoms with E-state index < -0.39 is 10.8 Å². The van der Waals surface area contributed by atoms with Gasteiger partial charge >= 0.3 is 0 Å². The lowest BCUT2D eigenvalue weighted by molar-refractivity contribution is -0.384. The Morgan fingerprint density at radius 3 is 2.68 bits per heavy atom. The first-order chi connectivity index (χ1) is 13.3. The minimum absolute atomic E-state index is 0.0663. The molecular formula is C20H21N3O5. The Balaban J connectivity index is 1.79. The fraction of sp³-hybridized carbons (Fsp3) is 0.300. The first kappa shape index (κ1) is 19.3. The molecule has 146 valence electrons. The number of nitrogens with one attached hydrogen (secondary N) is 1. The van der Waals surface area contributed by atoms with Gasteiger partial charge in [-0.3, -0.25) is 19.7 Å². The topological polar surface area (TPSA) is 102 Å². The molecule has 1 heterocycles. The van der Waals surface area contributed by atoms with Crippen LogP contribution in [0.2, 0.25) is 0 Å². The van der Waals surface area contributed by atoms with E-state index in [2.05, 4.69) is 5.32 Å². The molecule has 1 aliphatic heterocycles. The second kappa shape index (κ2) is 7.67. The van der Waals surface area contributed by atoms with Gasteiger partial charge in [-0.2, -0.15) is 0 Å². The first-order valence-corrected chi connectivity index (χ1v) is 8.81. The quantitative estimate of drug-likeness (QED) is 0.631. The van der Waals surface area contributed by atoms with E-state index in [0.717, 1.165) is 16.8 Å². The molecule has 0 saturated carbocycles. The molecule has 1 atom stereocenters. The van der Waals surface area contributed by atoms with E-state index in [-0.39, 0.29) is 36.2 Å². The summed E-state index contributed by atoms with van der Waals surface area (Å²) >= 11 is 0. The summed E-state index contributed by atoms with van der Waals surface area (Å²) in [4.78, 5) is 37.1. The SMILES string of the molecule is COc1cc([N+](=O)[O-])ccc1N1C[C@@H](C(=O)Nc2cc(C)ccc2C)CC1=O. The van der Waals surface area contributed by atoms with Gasteiger partial charge in [-0.15, -0.1) is 0 Å². The number of anilines is 2. The van der Waals surface area contributed by atoms with E-state index in [1.807, 2.05) is 32.0 Å². The Hall–Kier alpha value is -3.42. The maximum Gasteiger partial charge on any atom is 0.273 e. The molecule has 0 aliphatic carbocycles. The van der Waals surface area contributed by atoms with Gasteiger partial charge in [0.2, 0.25) is 11.8 Å². The van der Waals surface area contributed by atoms with Crippen molar-refractivity contribution in [1.82, 2.24) is 0 Å². The molecule has 0 unspecified atom stereocenters. The van der Waals surface area contributed by atoms with Crippen LogP contribution in [0.25, 0.3) is 0 Å². The third kappa shape index (κ3) is 3.80. The van der Waals surface area contributed by atoms with Crippen molar-refractivity contribution in [1.29, 1.82) is 0 Å². The Morgan fingerprint density at radius 1 is 1.25 bits per heavy atom. The van der Waals surface area contributed by atoms with Gasteiger partial charge in [-0.1, -0.05) is 12.1 Å². The fourth-order valence-electron chi connectivity index (χ4n) is 3.22. The van der Waals surface area contributed by atoms with Crippen molar-refractivity contribution >= 4 is 28.9 Å². The van der Waals surface area contributed by atoms with Crippen LogP contribution in [0.4, 0.5) is 17.1 Å². The largest absolute Gasteiger partial charge is 0.494 e. The molecule has 2 aromatic rings. The second-order valence-corrected chi connectivity index (χ2v) is 6.83. The van der Waals surface area contributed by atoms with Gasteiger partial charge in [0.25, 0.3) is 5.69 Å². The predicted octanol–water partition coefficient (Wildman–Crippen LogP) is 3.21. The number of methoxy groups -OCH3 is 1. The molecule has 8 nitrogen and oxygen atoms in total. The van der Waals surface area contributed by atoms with Gasteiger partial charge in [-0.05, 0) is 37.1 Å². The van der Waals surface area contributed by atoms with E-state index in [1.54, 1.807) is 0 Å². The smallest absolute Gasteiger partial charge is 0.273 e. The minimum Gasteiger partial charge on any atom is -0.494 e. The van der Waals surface area contributed by atoms with Crippen molar-refractivity contribution in [3.63, 3.8) is 0 Å². The number of carbonyl (C=O) groups excluding carboxylic acids is 2. The number of non-ortho nitro benzene ring substituents is 1. The number of amides is 2. The van der Waals surface area contributed by atoms with Crippen LogP contribution in [0.5, 0.6) is 5.75 Å². The van der Waals surface area contributed by atoms with Crippen LogP contribution in [0.1, 0.15) is 17.5 Å². The van der Waals surface area contributed by atoms with Crippen LogP contribution < -0.4 is 15.0 Å². The zero-order valence-corrected chi connectivity index (χ0v) is 15.9. The molecular weight excluding hydrogens is 362 g/mol. The summed E-state index contributed by atoms with van der Waals surface area (Å²) in [5, 5.41) is 13.8. The molecule has 28 heavy (non-hydrogen) atoms. The zero-order chi connectivity index (χ0) is 20.4. The number of aryl methyl sites for hydroxylation is 2. The number of nitro groups is 1. The standard InChI is InChI=1S/C20H21N3O5/c1-12-4-5-13(2)16(8-12)21-20(25)14-9-19(24)22(11-14)17-7-6-15(23(26)27)10-18(17)28-3/h4-8,10,14H,9,11H2,1-3H3,(H,21,25)/t14-/m0/s1. The molecule has 1 fully saturated rings. The van der Waals surface area contributed by atoms with E-state index in [1.165, 1.54) is 30.2 Å². The van der Waals surface area contributed by atoms with Crippen molar-refractivity contribution in [2.45, 2.75) is 20.3 Å². The van der Waals surface area contributed by atoms with Crippen LogP contribution in [0.15, 0.2) is 36.4 Å². The molecule has 8 heteroatoms. The van der Waals surface area contributed by atoms with E-state index in [0.29, 0.717) is 5.69 Å². The summed E-state index contributed by atoms with van der Waals surface area (Å²) in [6.07, 6.45) is 0.0663. The second-order valence-electron chi connectivity index (χ2n) is 6.83. The number of rotatable bonds is 5. The van der Waals surface area contributed by atoms with Crippen LogP contribution in [-0.4, -0.2) is 30.4 Å².